The number of carbonyl (C=O) groups excluding carboxylic acids is 1. The molecule has 0 atom stereocenters. The molecule has 0 radical (unpaired) electrons. The summed E-state index contributed by atoms with van der Waals surface area (Å²) in [6.45, 7) is 1.02. The summed E-state index contributed by atoms with van der Waals surface area (Å²) >= 11 is 0. The molecule has 2 N–H and O–H groups in total. The standard InChI is InChI=1S/C18H20N2O2.ClH/c1-22-17-7-3-2-5-14(17)12-18(21)20-15-8-9-16-13(11-15)6-4-10-19-16;/h2-3,5,7-9,11,19H,4,6,10,12H2,1H3,(H,20,21);1H. The van der Waals surface area contributed by atoms with Crippen LogP contribution in [0.5, 0.6) is 5.75 Å². The molecule has 0 aliphatic carbocycles. The number of rotatable bonds is 4. The van der Waals surface area contributed by atoms with Crippen molar-refractivity contribution in [1.29, 1.82) is 0 Å². The molecule has 23 heavy (non-hydrogen) atoms. The summed E-state index contributed by atoms with van der Waals surface area (Å²) in [4.78, 5) is 12.2. The summed E-state index contributed by atoms with van der Waals surface area (Å²) in [5, 5.41) is 6.34. The average molecular weight is 333 g/mol. The van der Waals surface area contributed by atoms with Crippen LogP contribution in [0.15, 0.2) is 42.5 Å². The molecule has 1 aliphatic rings. The van der Waals surface area contributed by atoms with Crippen molar-refractivity contribution in [2.75, 3.05) is 24.3 Å². The summed E-state index contributed by atoms with van der Waals surface area (Å²) in [6.07, 6.45) is 2.49. The van der Waals surface area contributed by atoms with Gasteiger partial charge in [-0.05, 0) is 42.7 Å². The van der Waals surface area contributed by atoms with Crippen molar-refractivity contribution in [3.8, 4) is 5.75 Å². The van der Waals surface area contributed by atoms with Crippen LogP contribution in [-0.2, 0) is 17.6 Å². The van der Waals surface area contributed by atoms with Gasteiger partial charge in [-0.25, -0.2) is 0 Å². The Kier molecular flexibility index (Phi) is 5.88. The fraction of sp³-hybridized carbons (Fsp3) is 0.278. The largest absolute Gasteiger partial charge is 0.496 e. The monoisotopic (exact) mass is 332 g/mol. The van der Waals surface area contributed by atoms with Crippen molar-refractivity contribution in [3.63, 3.8) is 0 Å². The molecule has 2 aromatic carbocycles. The number of aryl methyl sites for hydroxylation is 1. The molecule has 0 unspecified atom stereocenters. The van der Waals surface area contributed by atoms with Gasteiger partial charge in [0.2, 0.25) is 5.91 Å². The van der Waals surface area contributed by atoms with Crippen molar-refractivity contribution in [2.45, 2.75) is 19.3 Å². The van der Waals surface area contributed by atoms with E-state index in [1.54, 1.807) is 7.11 Å². The third kappa shape index (κ3) is 4.17. The van der Waals surface area contributed by atoms with Crippen molar-refractivity contribution in [2.24, 2.45) is 0 Å². The molecule has 1 aliphatic heterocycles. The molecular formula is C18H21ClN2O2. The van der Waals surface area contributed by atoms with Gasteiger partial charge in [0.25, 0.3) is 0 Å². The number of carbonyl (C=O) groups is 1. The lowest BCUT2D eigenvalue weighted by Crippen LogP contribution is -2.16. The Labute approximate surface area is 142 Å². The number of methoxy groups -OCH3 is 1. The predicted molar refractivity (Wildman–Crippen MR) is 95.8 cm³/mol. The van der Waals surface area contributed by atoms with E-state index in [-0.39, 0.29) is 18.3 Å². The SMILES string of the molecule is COc1ccccc1CC(=O)Nc1ccc2c(c1)CCCN2.Cl. The number of benzene rings is 2. The molecular weight excluding hydrogens is 312 g/mol. The van der Waals surface area contributed by atoms with Crippen LogP contribution in [0, 0.1) is 0 Å². The van der Waals surface area contributed by atoms with Gasteiger partial charge < -0.3 is 15.4 Å². The smallest absolute Gasteiger partial charge is 0.228 e. The Morgan fingerprint density at radius 1 is 1.26 bits per heavy atom. The van der Waals surface area contributed by atoms with Crippen LogP contribution in [0.4, 0.5) is 11.4 Å². The van der Waals surface area contributed by atoms with E-state index < -0.39 is 0 Å². The van der Waals surface area contributed by atoms with Gasteiger partial charge in [-0.1, -0.05) is 18.2 Å². The molecule has 122 valence electrons. The van der Waals surface area contributed by atoms with Gasteiger partial charge in [-0.3, -0.25) is 4.79 Å². The highest BCUT2D eigenvalue weighted by molar-refractivity contribution is 5.93. The average Bonchev–Trinajstić information content (AvgIpc) is 2.55. The predicted octanol–water partition coefficient (Wildman–Crippen LogP) is 3.66. The highest BCUT2D eigenvalue weighted by Crippen LogP contribution is 2.25. The minimum atomic E-state index is -0.0341. The summed E-state index contributed by atoms with van der Waals surface area (Å²) in [6, 6.07) is 13.6. The fourth-order valence-corrected chi connectivity index (χ4v) is 2.78. The number of fused-ring (bicyclic) bond motifs is 1. The number of halogens is 1. The molecule has 3 rings (SSSR count). The third-order valence-corrected chi connectivity index (χ3v) is 3.87. The van der Waals surface area contributed by atoms with E-state index in [4.69, 9.17) is 4.74 Å². The van der Waals surface area contributed by atoms with E-state index in [1.807, 2.05) is 36.4 Å². The van der Waals surface area contributed by atoms with Crippen molar-refractivity contribution >= 4 is 29.7 Å². The maximum Gasteiger partial charge on any atom is 0.228 e. The van der Waals surface area contributed by atoms with Crippen LogP contribution in [-0.4, -0.2) is 19.6 Å². The highest BCUT2D eigenvalue weighted by Gasteiger charge is 2.11. The van der Waals surface area contributed by atoms with Gasteiger partial charge in [-0.15, -0.1) is 12.4 Å². The Morgan fingerprint density at radius 2 is 2.09 bits per heavy atom. The van der Waals surface area contributed by atoms with Gasteiger partial charge in [-0.2, -0.15) is 0 Å². The summed E-state index contributed by atoms with van der Waals surface area (Å²) < 4.78 is 5.28. The lowest BCUT2D eigenvalue weighted by Gasteiger charge is -2.19. The van der Waals surface area contributed by atoms with E-state index in [9.17, 15) is 4.79 Å². The number of para-hydroxylation sites is 1. The van der Waals surface area contributed by atoms with E-state index in [2.05, 4.69) is 16.7 Å². The maximum atomic E-state index is 12.2. The lowest BCUT2D eigenvalue weighted by atomic mass is 10.0. The Morgan fingerprint density at radius 3 is 2.91 bits per heavy atom. The molecule has 0 bridgehead atoms. The Balaban J connectivity index is 0.00000192. The Hall–Kier alpha value is -2.20. The van der Waals surface area contributed by atoms with Gasteiger partial charge in [0.15, 0.2) is 0 Å². The molecule has 0 aromatic heterocycles. The molecule has 0 saturated carbocycles. The van der Waals surface area contributed by atoms with E-state index in [0.29, 0.717) is 6.42 Å². The van der Waals surface area contributed by atoms with Gasteiger partial charge >= 0.3 is 0 Å². The second-order valence-corrected chi connectivity index (χ2v) is 5.44. The molecule has 0 fully saturated rings. The normalized spacial score (nSPS) is 12.4. The molecule has 1 heterocycles. The molecule has 0 saturated heterocycles. The Bertz CT molecular complexity index is 688. The van der Waals surface area contributed by atoms with Crippen LogP contribution in [0.25, 0.3) is 0 Å². The minimum Gasteiger partial charge on any atom is -0.496 e. The van der Waals surface area contributed by atoms with Crippen LogP contribution >= 0.6 is 12.4 Å². The van der Waals surface area contributed by atoms with E-state index in [1.165, 1.54) is 11.3 Å². The zero-order chi connectivity index (χ0) is 15.4. The number of amides is 1. The lowest BCUT2D eigenvalue weighted by molar-refractivity contribution is -0.115. The quantitative estimate of drug-likeness (QED) is 0.898. The number of nitrogens with one attached hydrogen (secondary N) is 2. The first-order valence-corrected chi connectivity index (χ1v) is 7.55. The van der Waals surface area contributed by atoms with Gasteiger partial charge in [0, 0.05) is 23.5 Å². The van der Waals surface area contributed by atoms with Crippen molar-refractivity contribution in [3.05, 3.63) is 53.6 Å². The van der Waals surface area contributed by atoms with Crippen LogP contribution < -0.4 is 15.4 Å². The van der Waals surface area contributed by atoms with E-state index >= 15 is 0 Å². The minimum absolute atomic E-state index is 0. The molecule has 2 aromatic rings. The first kappa shape index (κ1) is 17.2. The first-order valence-electron chi connectivity index (χ1n) is 7.55. The second-order valence-electron chi connectivity index (χ2n) is 5.44. The molecule has 5 heteroatoms. The summed E-state index contributed by atoms with van der Waals surface area (Å²) in [5.74, 6) is 0.709. The fourth-order valence-electron chi connectivity index (χ4n) is 2.78. The molecule has 4 nitrogen and oxygen atoms in total. The van der Waals surface area contributed by atoms with Gasteiger partial charge in [0.05, 0.1) is 13.5 Å². The molecule has 0 spiro atoms. The number of anilines is 2. The summed E-state index contributed by atoms with van der Waals surface area (Å²) in [5.41, 5.74) is 4.18. The van der Waals surface area contributed by atoms with Crippen LogP contribution in [0.2, 0.25) is 0 Å². The molecule has 1 amide bonds. The summed E-state index contributed by atoms with van der Waals surface area (Å²) in [7, 11) is 1.62. The second kappa shape index (κ2) is 7.88. The van der Waals surface area contributed by atoms with Crippen LogP contribution in [0.1, 0.15) is 17.5 Å². The maximum absolute atomic E-state index is 12.2. The van der Waals surface area contributed by atoms with Gasteiger partial charge in [0.1, 0.15) is 5.75 Å². The zero-order valence-corrected chi connectivity index (χ0v) is 13.9. The van der Waals surface area contributed by atoms with Crippen LogP contribution in [0.3, 0.4) is 0 Å². The topological polar surface area (TPSA) is 50.4 Å². The number of hydrogen-bond donors (Lipinski definition) is 2. The number of ether oxygens (including phenoxy) is 1. The zero-order valence-electron chi connectivity index (χ0n) is 13.1. The third-order valence-electron chi connectivity index (χ3n) is 3.87. The first-order chi connectivity index (χ1) is 10.8. The van der Waals surface area contributed by atoms with E-state index in [0.717, 1.165) is 36.4 Å². The van der Waals surface area contributed by atoms with Crippen molar-refractivity contribution in [1.82, 2.24) is 0 Å². The van der Waals surface area contributed by atoms with Crippen molar-refractivity contribution < 1.29 is 9.53 Å². The highest BCUT2D eigenvalue weighted by atomic mass is 35.5. The number of hydrogen-bond acceptors (Lipinski definition) is 3.